The Bertz CT molecular complexity index is 594. The summed E-state index contributed by atoms with van der Waals surface area (Å²) in [4.78, 5) is 11.1. The molecule has 1 aliphatic rings. The molecule has 22 heavy (non-hydrogen) atoms. The maximum Gasteiger partial charge on any atom is 0.227 e. The van der Waals surface area contributed by atoms with Crippen molar-refractivity contribution >= 4 is 17.3 Å². The number of aryl methyl sites for hydroxylation is 1. The number of rotatable bonds is 5. The molecular formula is C17H21N4O. The minimum Gasteiger partial charge on any atom is -0.378 e. The van der Waals surface area contributed by atoms with Crippen LogP contribution in [0.1, 0.15) is 12.1 Å². The highest BCUT2D eigenvalue weighted by molar-refractivity contribution is 5.59. The van der Waals surface area contributed by atoms with Crippen LogP contribution in [0.5, 0.6) is 0 Å². The molecule has 1 aromatic carbocycles. The Balaban J connectivity index is 1.66. The van der Waals surface area contributed by atoms with Gasteiger partial charge < -0.3 is 15.0 Å². The minimum absolute atomic E-state index is 0.630. The Hall–Kier alpha value is -2.14. The van der Waals surface area contributed by atoms with Crippen LogP contribution in [0.2, 0.25) is 0 Å². The Labute approximate surface area is 131 Å². The molecule has 1 saturated heterocycles. The van der Waals surface area contributed by atoms with Crippen molar-refractivity contribution in [1.82, 2.24) is 9.97 Å². The Morgan fingerprint density at radius 1 is 1.14 bits per heavy atom. The number of hydrogen-bond donors (Lipinski definition) is 1. The number of benzene rings is 1. The van der Waals surface area contributed by atoms with Crippen LogP contribution < -0.4 is 10.2 Å². The van der Waals surface area contributed by atoms with Gasteiger partial charge in [0.2, 0.25) is 5.95 Å². The predicted molar refractivity (Wildman–Crippen MR) is 88.5 cm³/mol. The second-order valence-corrected chi connectivity index (χ2v) is 5.25. The third-order valence-corrected chi connectivity index (χ3v) is 3.65. The maximum atomic E-state index is 5.38. The van der Waals surface area contributed by atoms with Gasteiger partial charge in [-0.15, -0.1) is 0 Å². The summed E-state index contributed by atoms with van der Waals surface area (Å²) in [6.45, 7) is 7.35. The van der Waals surface area contributed by atoms with Gasteiger partial charge in [0, 0.05) is 36.4 Å². The molecule has 115 valence electrons. The highest BCUT2D eigenvalue weighted by Gasteiger charge is 2.10. The molecule has 2 aromatic rings. The molecule has 0 spiro atoms. The van der Waals surface area contributed by atoms with Crippen molar-refractivity contribution in [3.63, 3.8) is 0 Å². The van der Waals surface area contributed by atoms with E-state index in [1.54, 1.807) is 6.20 Å². The van der Waals surface area contributed by atoms with Crippen LogP contribution in [0.15, 0.2) is 36.5 Å². The van der Waals surface area contributed by atoms with E-state index in [0.29, 0.717) is 5.95 Å². The minimum atomic E-state index is 0.630. The van der Waals surface area contributed by atoms with E-state index < -0.39 is 0 Å². The third-order valence-electron chi connectivity index (χ3n) is 3.65. The number of anilines is 3. The zero-order valence-electron chi connectivity index (χ0n) is 12.7. The number of ether oxygens (including phenoxy) is 1. The predicted octanol–water partition coefficient (Wildman–Crippen LogP) is 2.82. The molecule has 0 saturated carbocycles. The van der Waals surface area contributed by atoms with Crippen LogP contribution in [-0.4, -0.2) is 36.3 Å². The quantitative estimate of drug-likeness (QED) is 0.919. The largest absolute Gasteiger partial charge is 0.378 e. The molecule has 0 unspecified atom stereocenters. The SMILES string of the molecule is [CH2]CCc1ccnc(Nc2ccc(N3CCOCC3)cc2)n1. The van der Waals surface area contributed by atoms with Gasteiger partial charge in [0.15, 0.2) is 0 Å². The number of nitrogens with zero attached hydrogens (tertiary/aromatic N) is 3. The van der Waals surface area contributed by atoms with Crippen molar-refractivity contribution in [2.24, 2.45) is 0 Å². The fourth-order valence-electron chi connectivity index (χ4n) is 2.48. The maximum absolute atomic E-state index is 5.38. The van der Waals surface area contributed by atoms with Gasteiger partial charge in [-0.3, -0.25) is 0 Å². The average Bonchev–Trinajstić information content (AvgIpc) is 2.57. The van der Waals surface area contributed by atoms with Gasteiger partial charge in [0.1, 0.15) is 0 Å². The fourth-order valence-corrected chi connectivity index (χ4v) is 2.48. The summed E-state index contributed by atoms with van der Waals surface area (Å²) < 4.78 is 5.38. The van der Waals surface area contributed by atoms with E-state index in [1.165, 1.54) is 5.69 Å². The first-order valence-corrected chi connectivity index (χ1v) is 7.66. The van der Waals surface area contributed by atoms with Crippen LogP contribution in [0.3, 0.4) is 0 Å². The zero-order chi connectivity index (χ0) is 15.2. The van der Waals surface area contributed by atoms with Gasteiger partial charge in [-0.1, -0.05) is 6.92 Å². The van der Waals surface area contributed by atoms with Crippen LogP contribution in [0.25, 0.3) is 0 Å². The van der Waals surface area contributed by atoms with Gasteiger partial charge in [0.05, 0.1) is 13.2 Å². The first-order chi connectivity index (χ1) is 10.8. The third kappa shape index (κ3) is 3.74. The van der Waals surface area contributed by atoms with Crippen LogP contribution in [-0.2, 0) is 11.2 Å². The number of aromatic nitrogens is 2. The standard InChI is InChI=1S/C17H21N4O/c1-2-3-14-8-9-18-17(19-14)20-15-4-6-16(7-5-15)21-10-12-22-13-11-21/h4-9H,1-3,10-13H2,(H,18,19,20). The molecule has 1 radical (unpaired) electrons. The molecule has 0 amide bonds. The van der Waals surface area contributed by atoms with E-state index >= 15 is 0 Å². The summed E-state index contributed by atoms with van der Waals surface area (Å²) in [5.41, 5.74) is 3.22. The lowest BCUT2D eigenvalue weighted by atomic mass is 10.2. The van der Waals surface area contributed by atoms with Crippen molar-refractivity contribution in [2.75, 3.05) is 36.5 Å². The molecule has 1 fully saturated rings. The lowest BCUT2D eigenvalue weighted by molar-refractivity contribution is 0.122. The second kappa shape index (κ2) is 7.22. The van der Waals surface area contributed by atoms with Gasteiger partial charge in [-0.25, -0.2) is 9.97 Å². The molecule has 5 heteroatoms. The van der Waals surface area contributed by atoms with Crippen LogP contribution in [0.4, 0.5) is 17.3 Å². The van der Waals surface area contributed by atoms with Crippen LogP contribution in [0, 0.1) is 6.92 Å². The van der Waals surface area contributed by atoms with E-state index in [4.69, 9.17) is 4.74 Å². The molecule has 0 atom stereocenters. The summed E-state index contributed by atoms with van der Waals surface area (Å²) in [6, 6.07) is 10.3. The summed E-state index contributed by atoms with van der Waals surface area (Å²) in [5.74, 6) is 0.630. The van der Waals surface area contributed by atoms with E-state index in [9.17, 15) is 0 Å². The first-order valence-electron chi connectivity index (χ1n) is 7.66. The van der Waals surface area contributed by atoms with E-state index in [2.05, 4.69) is 51.4 Å². The zero-order valence-corrected chi connectivity index (χ0v) is 12.7. The number of nitrogens with one attached hydrogen (secondary N) is 1. The van der Waals surface area contributed by atoms with Gasteiger partial charge in [-0.2, -0.15) is 0 Å². The second-order valence-electron chi connectivity index (χ2n) is 5.25. The van der Waals surface area contributed by atoms with Crippen molar-refractivity contribution in [3.05, 3.63) is 49.1 Å². The highest BCUT2D eigenvalue weighted by atomic mass is 16.5. The van der Waals surface area contributed by atoms with Crippen molar-refractivity contribution in [1.29, 1.82) is 0 Å². The molecule has 1 aromatic heterocycles. The van der Waals surface area contributed by atoms with Crippen molar-refractivity contribution in [2.45, 2.75) is 12.8 Å². The normalized spacial score (nSPS) is 14.9. The lowest BCUT2D eigenvalue weighted by Gasteiger charge is -2.28. The van der Waals surface area contributed by atoms with Gasteiger partial charge >= 0.3 is 0 Å². The highest BCUT2D eigenvalue weighted by Crippen LogP contribution is 2.20. The van der Waals surface area contributed by atoms with E-state index in [-0.39, 0.29) is 0 Å². The van der Waals surface area contributed by atoms with Gasteiger partial charge in [-0.05, 0) is 43.2 Å². The molecule has 1 N–H and O–H groups in total. The van der Waals surface area contributed by atoms with Crippen molar-refractivity contribution < 1.29 is 4.74 Å². The van der Waals surface area contributed by atoms with E-state index in [0.717, 1.165) is 50.5 Å². The Morgan fingerprint density at radius 3 is 2.64 bits per heavy atom. The molecule has 2 heterocycles. The van der Waals surface area contributed by atoms with Crippen molar-refractivity contribution in [3.8, 4) is 0 Å². The Kier molecular flexibility index (Phi) is 4.85. The fraction of sp³-hybridized carbons (Fsp3) is 0.353. The number of morpholine rings is 1. The Morgan fingerprint density at radius 2 is 1.91 bits per heavy atom. The molecular weight excluding hydrogens is 276 g/mol. The summed E-state index contributed by atoms with van der Waals surface area (Å²) in [5, 5.41) is 3.25. The number of hydrogen-bond acceptors (Lipinski definition) is 5. The summed E-state index contributed by atoms with van der Waals surface area (Å²) >= 11 is 0. The summed E-state index contributed by atoms with van der Waals surface area (Å²) in [7, 11) is 0. The monoisotopic (exact) mass is 297 g/mol. The van der Waals surface area contributed by atoms with Gasteiger partial charge in [0.25, 0.3) is 0 Å². The lowest BCUT2D eigenvalue weighted by Crippen LogP contribution is -2.36. The molecule has 0 aliphatic carbocycles. The topological polar surface area (TPSA) is 50.3 Å². The average molecular weight is 297 g/mol. The molecule has 0 bridgehead atoms. The smallest absolute Gasteiger partial charge is 0.227 e. The first kappa shape index (κ1) is 14.8. The molecule has 3 rings (SSSR count). The summed E-state index contributed by atoms with van der Waals surface area (Å²) in [6.07, 6.45) is 3.49. The molecule has 1 aliphatic heterocycles. The molecule has 5 nitrogen and oxygen atoms in total. The van der Waals surface area contributed by atoms with E-state index in [1.807, 2.05) is 6.07 Å². The van der Waals surface area contributed by atoms with Crippen LogP contribution >= 0.6 is 0 Å².